The Hall–Kier alpha value is -7.08. The van der Waals surface area contributed by atoms with Crippen molar-refractivity contribution >= 4 is 53.6 Å². The Kier molecular flexibility index (Phi) is 7.32. The Morgan fingerprint density at radius 1 is 0.364 bits per heavy atom. The molecule has 0 saturated carbocycles. The lowest BCUT2D eigenvalue weighted by molar-refractivity contribution is 1.07. The van der Waals surface area contributed by atoms with Gasteiger partial charge in [-0.1, -0.05) is 140 Å². The fourth-order valence-corrected chi connectivity index (χ4v) is 9.15. The van der Waals surface area contributed by atoms with Crippen molar-refractivity contribution < 1.29 is 0 Å². The molecule has 0 unspecified atom stereocenters. The molecule has 55 heavy (non-hydrogen) atoms. The molecule has 0 amide bonds. The second kappa shape index (κ2) is 12.8. The highest BCUT2D eigenvalue weighted by Crippen LogP contribution is 2.41. The lowest BCUT2D eigenvalue weighted by atomic mass is 9.96. The van der Waals surface area contributed by atoms with Crippen LogP contribution in [0.4, 0.5) is 0 Å². The van der Waals surface area contributed by atoms with Crippen molar-refractivity contribution in [1.82, 2.24) is 19.1 Å². The molecule has 8 aromatic carbocycles. The monoisotopic (exact) mass is 720 g/mol. The van der Waals surface area contributed by atoms with E-state index in [4.69, 9.17) is 9.97 Å². The third kappa shape index (κ3) is 5.28. The molecule has 3 heterocycles. The van der Waals surface area contributed by atoms with Crippen LogP contribution in [0.25, 0.3) is 98.6 Å². The van der Waals surface area contributed by atoms with Crippen molar-refractivity contribution in [2.75, 3.05) is 0 Å². The number of benzene rings is 8. The molecule has 3 aromatic heterocycles. The topological polar surface area (TPSA) is 35.6 Å². The molecule has 0 aliphatic rings. The summed E-state index contributed by atoms with van der Waals surface area (Å²) in [5, 5.41) is 2.63. The normalized spacial score (nSPS) is 11.6. The maximum Gasteiger partial charge on any atom is 0.145 e. The zero-order valence-corrected chi connectivity index (χ0v) is 30.5. The van der Waals surface area contributed by atoms with Gasteiger partial charge in [0.25, 0.3) is 0 Å². The van der Waals surface area contributed by atoms with Gasteiger partial charge < -0.3 is 0 Å². The van der Waals surface area contributed by atoms with Crippen LogP contribution in [-0.4, -0.2) is 19.1 Å². The van der Waals surface area contributed by atoms with E-state index in [-0.39, 0.29) is 0 Å². The van der Waals surface area contributed by atoms with Gasteiger partial charge in [-0.3, -0.25) is 9.13 Å². The molecule has 0 fully saturated rings. The minimum Gasteiger partial charge on any atom is -0.292 e. The molecule has 0 radical (unpaired) electrons. The second-order valence-electron chi connectivity index (χ2n) is 13.8. The van der Waals surface area contributed by atoms with Crippen LogP contribution in [0.3, 0.4) is 0 Å². The third-order valence-electron chi connectivity index (χ3n) is 10.5. The molecule has 11 aromatic rings. The first-order chi connectivity index (χ1) is 27.3. The summed E-state index contributed by atoms with van der Waals surface area (Å²) < 4.78 is 7.23. The van der Waals surface area contributed by atoms with E-state index in [0.29, 0.717) is 0 Å². The maximum atomic E-state index is 5.20. The molecular weight excluding hydrogens is 689 g/mol. The molecule has 258 valence electrons. The fraction of sp³-hybridized carbons (Fsp3) is 0. The van der Waals surface area contributed by atoms with Gasteiger partial charge in [0.15, 0.2) is 0 Å². The molecule has 5 heteroatoms. The third-order valence-corrected chi connectivity index (χ3v) is 11.7. The van der Waals surface area contributed by atoms with Gasteiger partial charge in [0.2, 0.25) is 0 Å². The molecule has 0 atom stereocenters. The number of fused-ring (bicyclic) bond motifs is 5. The number of para-hydroxylation sites is 4. The average molecular weight is 721 g/mol. The Morgan fingerprint density at radius 2 is 0.873 bits per heavy atom. The van der Waals surface area contributed by atoms with Gasteiger partial charge in [0.1, 0.15) is 11.6 Å². The van der Waals surface area contributed by atoms with Crippen molar-refractivity contribution in [2.24, 2.45) is 0 Å². The van der Waals surface area contributed by atoms with Gasteiger partial charge in [-0.2, -0.15) is 0 Å². The molecule has 0 bridgehead atoms. The first-order valence-corrected chi connectivity index (χ1v) is 19.3. The van der Waals surface area contributed by atoms with Gasteiger partial charge in [0, 0.05) is 31.3 Å². The molecule has 11 rings (SSSR count). The molecule has 0 saturated heterocycles. The standard InChI is InChI=1S/C50H32N4S/c1-3-14-35(15-4-1)49-51-42-20-8-10-22-44(42)53(49)38-30-37(31-39(32-38)54-45-23-11-9-21-43(45)52-50(54)36-16-5-2-6-17-36)33-26-28-34(29-27-33)40-19-13-25-47-48(40)41-18-7-12-24-46(41)55-47/h1-32H. The van der Waals surface area contributed by atoms with Gasteiger partial charge in [-0.15, -0.1) is 11.3 Å². The summed E-state index contributed by atoms with van der Waals surface area (Å²) in [6.07, 6.45) is 0. The number of hydrogen-bond acceptors (Lipinski definition) is 3. The predicted molar refractivity (Wildman–Crippen MR) is 230 cm³/mol. The van der Waals surface area contributed by atoms with Crippen molar-refractivity contribution in [1.29, 1.82) is 0 Å². The number of hydrogen-bond donors (Lipinski definition) is 0. The van der Waals surface area contributed by atoms with E-state index in [9.17, 15) is 0 Å². The maximum absolute atomic E-state index is 5.20. The van der Waals surface area contributed by atoms with Gasteiger partial charge in [0.05, 0.1) is 33.4 Å². The van der Waals surface area contributed by atoms with Gasteiger partial charge >= 0.3 is 0 Å². The first kappa shape index (κ1) is 31.4. The van der Waals surface area contributed by atoms with Crippen molar-refractivity contribution in [3.05, 3.63) is 194 Å². The molecule has 0 aliphatic heterocycles. The van der Waals surface area contributed by atoms with Crippen LogP contribution in [-0.2, 0) is 0 Å². The predicted octanol–water partition coefficient (Wildman–Crippen LogP) is 13.4. The Bertz CT molecular complexity index is 3050. The number of rotatable bonds is 6. The highest BCUT2D eigenvalue weighted by molar-refractivity contribution is 7.25. The molecular formula is C50H32N4S. The van der Waals surface area contributed by atoms with Crippen LogP contribution in [0.1, 0.15) is 0 Å². The number of aromatic nitrogens is 4. The summed E-state index contributed by atoms with van der Waals surface area (Å²) in [5.41, 5.74) is 12.9. The summed E-state index contributed by atoms with van der Waals surface area (Å²) in [6, 6.07) is 69.1. The number of nitrogens with zero attached hydrogens (tertiary/aromatic N) is 4. The smallest absolute Gasteiger partial charge is 0.145 e. The quantitative estimate of drug-likeness (QED) is 0.171. The van der Waals surface area contributed by atoms with Crippen molar-refractivity contribution in [2.45, 2.75) is 0 Å². The summed E-state index contributed by atoms with van der Waals surface area (Å²) in [5.74, 6) is 1.80. The van der Waals surface area contributed by atoms with Crippen LogP contribution in [0.5, 0.6) is 0 Å². The first-order valence-electron chi connectivity index (χ1n) is 18.5. The Balaban J connectivity index is 1.15. The highest BCUT2D eigenvalue weighted by Gasteiger charge is 2.20. The lowest BCUT2D eigenvalue weighted by Gasteiger charge is -2.17. The molecule has 0 aliphatic carbocycles. The zero-order valence-electron chi connectivity index (χ0n) is 29.7. The SMILES string of the molecule is c1ccc(-c2nc3ccccc3n2-c2cc(-c3ccc(-c4cccc5sc6ccccc6c45)cc3)cc(-n3c(-c4ccccc4)nc4ccccc43)c2)cc1. The van der Waals surface area contributed by atoms with Crippen LogP contribution in [0.2, 0.25) is 0 Å². The van der Waals surface area contributed by atoms with E-state index in [2.05, 4.69) is 203 Å². The Morgan fingerprint density at radius 3 is 1.49 bits per heavy atom. The second-order valence-corrected chi connectivity index (χ2v) is 14.9. The minimum atomic E-state index is 0.898. The van der Waals surface area contributed by atoms with E-state index in [1.165, 1.54) is 31.3 Å². The van der Waals surface area contributed by atoms with Crippen molar-refractivity contribution in [3.8, 4) is 56.4 Å². The zero-order chi connectivity index (χ0) is 36.3. The average Bonchev–Trinajstić information content (AvgIpc) is 3.96. The molecule has 0 N–H and O–H groups in total. The van der Waals surface area contributed by atoms with E-state index < -0.39 is 0 Å². The summed E-state index contributed by atoms with van der Waals surface area (Å²) >= 11 is 1.86. The Labute approximate surface area is 321 Å². The number of thiophene rings is 1. The fourth-order valence-electron chi connectivity index (χ4n) is 8.01. The van der Waals surface area contributed by atoms with Crippen LogP contribution >= 0.6 is 11.3 Å². The van der Waals surface area contributed by atoms with Crippen LogP contribution in [0, 0.1) is 0 Å². The van der Waals surface area contributed by atoms with E-state index >= 15 is 0 Å². The lowest BCUT2D eigenvalue weighted by Crippen LogP contribution is -2.03. The molecule has 0 spiro atoms. The molecule has 4 nitrogen and oxygen atoms in total. The van der Waals surface area contributed by atoms with E-state index in [0.717, 1.165) is 67.3 Å². The van der Waals surface area contributed by atoms with Crippen molar-refractivity contribution in [3.63, 3.8) is 0 Å². The minimum absolute atomic E-state index is 0.898. The van der Waals surface area contributed by atoms with Gasteiger partial charge in [-0.25, -0.2) is 9.97 Å². The van der Waals surface area contributed by atoms with Crippen LogP contribution < -0.4 is 0 Å². The highest BCUT2D eigenvalue weighted by atomic mass is 32.1. The summed E-state index contributed by atoms with van der Waals surface area (Å²) in [4.78, 5) is 10.4. The summed E-state index contributed by atoms with van der Waals surface area (Å²) in [7, 11) is 0. The van der Waals surface area contributed by atoms with E-state index in [1.807, 2.05) is 11.3 Å². The largest absolute Gasteiger partial charge is 0.292 e. The number of imidazole rings is 2. The van der Waals surface area contributed by atoms with Gasteiger partial charge in [-0.05, 0) is 76.9 Å². The summed E-state index contributed by atoms with van der Waals surface area (Å²) in [6.45, 7) is 0. The van der Waals surface area contributed by atoms with E-state index in [1.54, 1.807) is 0 Å². The van der Waals surface area contributed by atoms with Crippen LogP contribution in [0.15, 0.2) is 194 Å².